The van der Waals surface area contributed by atoms with Crippen molar-refractivity contribution in [2.75, 3.05) is 13.1 Å². The van der Waals surface area contributed by atoms with E-state index >= 15 is 0 Å². The predicted molar refractivity (Wildman–Crippen MR) is 67.2 cm³/mol. The van der Waals surface area contributed by atoms with E-state index in [0.717, 1.165) is 17.8 Å². The molecule has 0 spiro atoms. The highest BCUT2D eigenvalue weighted by atomic mass is 32.2. The Labute approximate surface area is 109 Å². The van der Waals surface area contributed by atoms with Crippen LogP contribution in [0, 0.1) is 0 Å². The van der Waals surface area contributed by atoms with Crippen LogP contribution in [-0.2, 0) is 10.0 Å². The first-order chi connectivity index (χ1) is 8.43. The van der Waals surface area contributed by atoms with E-state index in [-0.39, 0.29) is 22.4 Å². The van der Waals surface area contributed by atoms with E-state index in [4.69, 9.17) is 10.8 Å². The van der Waals surface area contributed by atoms with Gasteiger partial charge in [0.25, 0.3) is 0 Å². The summed E-state index contributed by atoms with van der Waals surface area (Å²) in [5.74, 6) is -1.22. The van der Waals surface area contributed by atoms with E-state index in [1.807, 2.05) is 0 Å². The highest BCUT2D eigenvalue weighted by Gasteiger charge is 2.32. The van der Waals surface area contributed by atoms with E-state index in [9.17, 15) is 13.2 Å². The Kier molecular flexibility index (Phi) is 3.71. The molecule has 1 aromatic rings. The van der Waals surface area contributed by atoms with Crippen molar-refractivity contribution in [3.05, 3.63) is 16.3 Å². The number of carboxylic acid groups (broad SMARTS) is 1. The molecule has 0 aliphatic carbocycles. The smallest absolute Gasteiger partial charge is 0.347 e. The van der Waals surface area contributed by atoms with E-state index < -0.39 is 16.0 Å². The SMILES string of the molecule is NC1CCCN(S(=O)(=O)c2ccsc2C(=O)O)C1. The number of aromatic carboxylic acids is 1. The molecule has 3 N–H and O–H groups in total. The largest absolute Gasteiger partial charge is 0.477 e. The van der Waals surface area contributed by atoms with Gasteiger partial charge in [0, 0.05) is 19.1 Å². The number of thiophene rings is 1. The summed E-state index contributed by atoms with van der Waals surface area (Å²) in [5.41, 5.74) is 5.75. The van der Waals surface area contributed by atoms with Crippen molar-refractivity contribution >= 4 is 27.3 Å². The first kappa shape index (κ1) is 13.5. The van der Waals surface area contributed by atoms with Gasteiger partial charge in [0.05, 0.1) is 0 Å². The van der Waals surface area contributed by atoms with Crippen LogP contribution in [0.5, 0.6) is 0 Å². The third-order valence-electron chi connectivity index (χ3n) is 2.86. The topological polar surface area (TPSA) is 101 Å². The van der Waals surface area contributed by atoms with E-state index in [1.54, 1.807) is 0 Å². The maximum Gasteiger partial charge on any atom is 0.347 e. The van der Waals surface area contributed by atoms with Crippen LogP contribution < -0.4 is 5.73 Å². The van der Waals surface area contributed by atoms with Crippen LogP contribution in [-0.4, -0.2) is 42.9 Å². The number of piperidine rings is 1. The number of hydrogen-bond acceptors (Lipinski definition) is 5. The van der Waals surface area contributed by atoms with E-state index in [2.05, 4.69) is 0 Å². The predicted octanol–water partition coefficient (Wildman–Crippen LogP) is 0.558. The lowest BCUT2D eigenvalue weighted by Gasteiger charge is -2.29. The fourth-order valence-electron chi connectivity index (χ4n) is 1.99. The molecule has 18 heavy (non-hydrogen) atoms. The molecule has 1 aromatic heterocycles. The molecule has 2 heterocycles. The zero-order chi connectivity index (χ0) is 13.3. The molecular weight excluding hydrogens is 276 g/mol. The molecule has 6 nitrogen and oxygen atoms in total. The molecular formula is C10H14N2O4S2. The number of nitrogens with two attached hydrogens (primary N) is 1. The van der Waals surface area contributed by atoms with E-state index in [0.29, 0.717) is 13.0 Å². The van der Waals surface area contributed by atoms with Crippen molar-refractivity contribution < 1.29 is 18.3 Å². The fraction of sp³-hybridized carbons (Fsp3) is 0.500. The highest BCUT2D eigenvalue weighted by Crippen LogP contribution is 2.27. The van der Waals surface area contributed by atoms with Gasteiger partial charge in [-0.1, -0.05) is 0 Å². The first-order valence-corrected chi connectivity index (χ1v) is 7.81. The van der Waals surface area contributed by atoms with Gasteiger partial charge >= 0.3 is 5.97 Å². The van der Waals surface area contributed by atoms with Crippen LogP contribution in [0.25, 0.3) is 0 Å². The maximum atomic E-state index is 12.3. The Hall–Kier alpha value is -0.960. The van der Waals surface area contributed by atoms with Crippen LogP contribution in [0.3, 0.4) is 0 Å². The minimum Gasteiger partial charge on any atom is -0.477 e. The third kappa shape index (κ3) is 2.41. The van der Waals surface area contributed by atoms with Gasteiger partial charge in [0.2, 0.25) is 10.0 Å². The quantitative estimate of drug-likeness (QED) is 0.847. The summed E-state index contributed by atoms with van der Waals surface area (Å²) in [6.07, 6.45) is 1.49. The average molecular weight is 290 g/mol. The zero-order valence-electron chi connectivity index (χ0n) is 9.57. The number of carbonyl (C=O) groups is 1. The van der Waals surface area contributed by atoms with Gasteiger partial charge in [-0.15, -0.1) is 11.3 Å². The second-order valence-electron chi connectivity index (χ2n) is 4.18. The standard InChI is InChI=1S/C10H14N2O4S2/c11-7-2-1-4-12(6-7)18(15,16)8-3-5-17-9(8)10(13)14/h3,5,7H,1-2,4,6,11H2,(H,13,14). The minimum absolute atomic E-state index is 0.130. The minimum atomic E-state index is -3.74. The lowest BCUT2D eigenvalue weighted by molar-refractivity contribution is 0.0698. The van der Waals surface area contributed by atoms with Crippen molar-refractivity contribution in [2.45, 2.75) is 23.8 Å². The highest BCUT2D eigenvalue weighted by molar-refractivity contribution is 7.89. The van der Waals surface area contributed by atoms with Crippen LogP contribution in [0.15, 0.2) is 16.3 Å². The molecule has 0 radical (unpaired) electrons. The maximum absolute atomic E-state index is 12.3. The summed E-state index contributed by atoms with van der Waals surface area (Å²) < 4.78 is 25.9. The Morgan fingerprint density at radius 1 is 1.56 bits per heavy atom. The molecule has 0 aromatic carbocycles. The Balaban J connectivity index is 2.36. The van der Waals surface area contributed by atoms with Crippen molar-refractivity contribution in [3.8, 4) is 0 Å². The lowest BCUT2D eigenvalue weighted by atomic mass is 10.1. The van der Waals surface area contributed by atoms with Crippen molar-refractivity contribution in [3.63, 3.8) is 0 Å². The number of rotatable bonds is 3. The third-order valence-corrected chi connectivity index (χ3v) is 5.80. The Morgan fingerprint density at radius 3 is 2.89 bits per heavy atom. The molecule has 0 amide bonds. The summed E-state index contributed by atoms with van der Waals surface area (Å²) in [5, 5.41) is 10.4. The van der Waals surface area contributed by atoms with Gasteiger partial charge in [-0.25, -0.2) is 13.2 Å². The lowest BCUT2D eigenvalue weighted by Crippen LogP contribution is -2.45. The molecule has 0 bridgehead atoms. The summed E-state index contributed by atoms with van der Waals surface area (Å²) >= 11 is 0.913. The molecule has 1 atom stereocenters. The van der Waals surface area contributed by atoms with E-state index in [1.165, 1.54) is 15.8 Å². The molecule has 1 fully saturated rings. The van der Waals surface area contributed by atoms with Gasteiger partial charge in [0.15, 0.2) is 0 Å². The molecule has 8 heteroatoms. The number of hydrogen-bond donors (Lipinski definition) is 2. The molecule has 1 saturated heterocycles. The van der Waals surface area contributed by atoms with Gasteiger partial charge < -0.3 is 10.8 Å². The van der Waals surface area contributed by atoms with Crippen molar-refractivity contribution in [1.29, 1.82) is 0 Å². The molecule has 1 aliphatic heterocycles. The van der Waals surface area contributed by atoms with Gasteiger partial charge in [-0.3, -0.25) is 0 Å². The molecule has 2 rings (SSSR count). The summed E-state index contributed by atoms with van der Waals surface area (Å²) in [6.45, 7) is 0.641. The summed E-state index contributed by atoms with van der Waals surface area (Å²) in [6, 6.07) is 1.16. The zero-order valence-corrected chi connectivity index (χ0v) is 11.2. The molecule has 100 valence electrons. The number of nitrogens with zero attached hydrogens (tertiary/aromatic N) is 1. The van der Waals surface area contributed by atoms with Crippen LogP contribution in [0.2, 0.25) is 0 Å². The number of carboxylic acids is 1. The van der Waals surface area contributed by atoms with Gasteiger partial charge in [0.1, 0.15) is 9.77 Å². The second-order valence-corrected chi connectivity index (χ2v) is 7.01. The number of sulfonamides is 1. The monoisotopic (exact) mass is 290 g/mol. The van der Waals surface area contributed by atoms with Crippen LogP contribution in [0.4, 0.5) is 0 Å². The summed E-state index contributed by atoms with van der Waals surface area (Å²) in [7, 11) is -3.74. The fourth-order valence-corrected chi connectivity index (χ4v) is 4.76. The normalized spacial score (nSPS) is 21.9. The van der Waals surface area contributed by atoms with Crippen molar-refractivity contribution in [1.82, 2.24) is 4.31 Å². The van der Waals surface area contributed by atoms with Crippen LogP contribution >= 0.6 is 11.3 Å². The molecule has 0 saturated carbocycles. The first-order valence-electron chi connectivity index (χ1n) is 5.49. The van der Waals surface area contributed by atoms with Crippen LogP contribution in [0.1, 0.15) is 22.5 Å². The van der Waals surface area contributed by atoms with Gasteiger partial charge in [-0.2, -0.15) is 4.31 Å². The van der Waals surface area contributed by atoms with Gasteiger partial charge in [-0.05, 0) is 24.3 Å². The molecule has 1 aliphatic rings. The Bertz CT molecular complexity index is 552. The second kappa shape index (κ2) is 4.96. The Morgan fingerprint density at radius 2 is 2.28 bits per heavy atom. The summed E-state index contributed by atoms with van der Waals surface area (Å²) in [4.78, 5) is 10.7. The van der Waals surface area contributed by atoms with Crippen molar-refractivity contribution in [2.24, 2.45) is 5.73 Å². The average Bonchev–Trinajstić information content (AvgIpc) is 2.78. The molecule has 1 unspecified atom stereocenters.